The number of aryl methyl sites for hydroxylation is 2. The zero-order chi connectivity index (χ0) is 13.3. The van der Waals surface area contributed by atoms with E-state index in [0.717, 1.165) is 17.8 Å². The molecular formula is C13H11F3N2. The Morgan fingerprint density at radius 1 is 0.944 bits per heavy atom. The SMILES string of the molecule is Cc1cc(-c2ccc(C(F)(F)F)cc2)nc(C)n1. The Kier molecular flexibility index (Phi) is 3.07. The lowest BCUT2D eigenvalue weighted by Gasteiger charge is -2.08. The predicted molar refractivity (Wildman–Crippen MR) is 61.9 cm³/mol. The maximum Gasteiger partial charge on any atom is 0.416 e. The third-order valence-electron chi connectivity index (χ3n) is 2.47. The quantitative estimate of drug-likeness (QED) is 0.771. The van der Waals surface area contributed by atoms with Crippen LogP contribution in [0.15, 0.2) is 30.3 Å². The van der Waals surface area contributed by atoms with Crippen LogP contribution in [0.3, 0.4) is 0 Å². The van der Waals surface area contributed by atoms with Gasteiger partial charge in [-0.1, -0.05) is 12.1 Å². The highest BCUT2D eigenvalue weighted by atomic mass is 19.4. The maximum absolute atomic E-state index is 12.4. The number of aromatic nitrogens is 2. The lowest BCUT2D eigenvalue weighted by atomic mass is 10.1. The Balaban J connectivity index is 2.40. The largest absolute Gasteiger partial charge is 0.416 e. The molecule has 0 saturated heterocycles. The molecule has 0 aliphatic rings. The van der Waals surface area contributed by atoms with Crippen molar-refractivity contribution in [3.05, 3.63) is 47.4 Å². The average Bonchev–Trinajstić information content (AvgIpc) is 2.27. The van der Waals surface area contributed by atoms with Crippen LogP contribution in [-0.2, 0) is 6.18 Å². The van der Waals surface area contributed by atoms with Crippen molar-refractivity contribution in [2.45, 2.75) is 20.0 Å². The molecule has 1 heterocycles. The van der Waals surface area contributed by atoms with Crippen molar-refractivity contribution in [2.24, 2.45) is 0 Å². The van der Waals surface area contributed by atoms with Crippen molar-refractivity contribution < 1.29 is 13.2 Å². The van der Waals surface area contributed by atoms with Crippen molar-refractivity contribution in [2.75, 3.05) is 0 Å². The molecule has 0 spiro atoms. The van der Waals surface area contributed by atoms with Crippen LogP contribution in [-0.4, -0.2) is 9.97 Å². The highest BCUT2D eigenvalue weighted by molar-refractivity contribution is 5.59. The molecule has 0 saturated carbocycles. The van der Waals surface area contributed by atoms with Crippen LogP contribution in [0, 0.1) is 13.8 Å². The minimum absolute atomic E-state index is 0.602. The van der Waals surface area contributed by atoms with E-state index in [2.05, 4.69) is 9.97 Å². The van der Waals surface area contributed by atoms with Gasteiger partial charge in [-0.15, -0.1) is 0 Å². The number of benzene rings is 1. The summed E-state index contributed by atoms with van der Waals surface area (Å²) in [6.07, 6.45) is -4.31. The third-order valence-corrected chi connectivity index (χ3v) is 2.47. The fraction of sp³-hybridized carbons (Fsp3) is 0.231. The molecule has 5 heteroatoms. The van der Waals surface area contributed by atoms with Crippen LogP contribution < -0.4 is 0 Å². The summed E-state index contributed by atoms with van der Waals surface area (Å²) in [4.78, 5) is 8.33. The Bertz CT molecular complexity index is 539. The molecule has 1 aromatic heterocycles. The molecule has 2 aromatic rings. The van der Waals surface area contributed by atoms with Crippen molar-refractivity contribution >= 4 is 0 Å². The molecule has 2 nitrogen and oxygen atoms in total. The molecule has 0 unspecified atom stereocenters. The monoisotopic (exact) mass is 252 g/mol. The molecule has 0 bridgehead atoms. The fourth-order valence-electron chi connectivity index (χ4n) is 1.69. The van der Waals surface area contributed by atoms with Crippen LogP contribution in [0.2, 0.25) is 0 Å². The molecule has 0 radical (unpaired) electrons. The predicted octanol–water partition coefficient (Wildman–Crippen LogP) is 3.78. The van der Waals surface area contributed by atoms with Gasteiger partial charge < -0.3 is 0 Å². The Morgan fingerprint density at radius 2 is 1.56 bits per heavy atom. The lowest BCUT2D eigenvalue weighted by molar-refractivity contribution is -0.137. The van der Waals surface area contributed by atoms with Crippen LogP contribution >= 0.6 is 0 Å². The zero-order valence-corrected chi connectivity index (χ0v) is 9.92. The van der Waals surface area contributed by atoms with Gasteiger partial charge in [0.2, 0.25) is 0 Å². The van der Waals surface area contributed by atoms with Gasteiger partial charge in [0.25, 0.3) is 0 Å². The maximum atomic E-state index is 12.4. The Labute approximate surface area is 103 Å². The van der Waals surface area contributed by atoms with Gasteiger partial charge in [-0.25, -0.2) is 9.97 Å². The molecule has 0 amide bonds. The van der Waals surface area contributed by atoms with Crippen molar-refractivity contribution in [3.8, 4) is 11.3 Å². The minimum atomic E-state index is -4.31. The van der Waals surface area contributed by atoms with Crippen LogP contribution in [0.4, 0.5) is 13.2 Å². The van der Waals surface area contributed by atoms with Gasteiger partial charge in [0, 0.05) is 11.3 Å². The van der Waals surface area contributed by atoms with Crippen molar-refractivity contribution in [1.82, 2.24) is 9.97 Å². The van der Waals surface area contributed by atoms with Gasteiger partial charge in [-0.05, 0) is 32.0 Å². The summed E-state index contributed by atoms with van der Waals surface area (Å²) >= 11 is 0. The number of halogens is 3. The van der Waals surface area contributed by atoms with Crippen LogP contribution in [0.5, 0.6) is 0 Å². The number of rotatable bonds is 1. The molecule has 0 aliphatic heterocycles. The molecule has 1 aromatic carbocycles. The summed E-state index contributed by atoms with van der Waals surface area (Å²) in [6, 6.07) is 6.70. The summed E-state index contributed by atoms with van der Waals surface area (Å²) in [5.41, 5.74) is 1.41. The van der Waals surface area contributed by atoms with Crippen LogP contribution in [0.1, 0.15) is 17.1 Å². The van der Waals surface area contributed by atoms with E-state index in [-0.39, 0.29) is 0 Å². The standard InChI is InChI=1S/C13H11F3N2/c1-8-7-12(18-9(2)17-8)10-3-5-11(6-4-10)13(14,15)16/h3-7H,1-2H3. The van der Waals surface area contributed by atoms with Gasteiger partial charge in [0.1, 0.15) is 5.82 Å². The Hall–Kier alpha value is -1.91. The van der Waals surface area contributed by atoms with Gasteiger partial charge in [0.15, 0.2) is 0 Å². The molecule has 18 heavy (non-hydrogen) atoms. The smallest absolute Gasteiger partial charge is 0.239 e. The second-order valence-electron chi connectivity index (χ2n) is 4.02. The summed E-state index contributed by atoms with van der Waals surface area (Å²) < 4.78 is 37.3. The van der Waals surface area contributed by atoms with E-state index in [1.807, 2.05) is 6.92 Å². The molecule has 94 valence electrons. The zero-order valence-electron chi connectivity index (χ0n) is 9.92. The highest BCUT2D eigenvalue weighted by Gasteiger charge is 2.29. The van der Waals surface area contributed by atoms with Gasteiger partial charge in [-0.3, -0.25) is 0 Å². The Morgan fingerprint density at radius 3 is 2.06 bits per heavy atom. The van der Waals surface area contributed by atoms with E-state index >= 15 is 0 Å². The topological polar surface area (TPSA) is 25.8 Å². The van der Waals surface area contributed by atoms with Crippen molar-refractivity contribution in [3.63, 3.8) is 0 Å². The summed E-state index contributed by atoms with van der Waals surface area (Å²) in [5.74, 6) is 0.602. The fourth-order valence-corrected chi connectivity index (χ4v) is 1.69. The normalized spacial score (nSPS) is 11.6. The number of nitrogens with zero attached hydrogens (tertiary/aromatic N) is 2. The molecule has 0 atom stereocenters. The third kappa shape index (κ3) is 2.67. The number of hydrogen-bond acceptors (Lipinski definition) is 2. The van der Waals surface area contributed by atoms with Gasteiger partial charge >= 0.3 is 6.18 Å². The highest BCUT2D eigenvalue weighted by Crippen LogP contribution is 2.30. The first-order chi connectivity index (χ1) is 8.36. The first-order valence-electron chi connectivity index (χ1n) is 5.36. The van der Waals surface area contributed by atoms with E-state index in [0.29, 0.717) is 17.1 Å². The van der Waals surface area contributed by atoms with Crippen molar-refractivity contribution in [1.29, 1.82) is 0 Å². The first kappa shape index (κ1) is 12.5. The molecular weight excluding hydrogens is 241 g/mol. The summed E-state index contributed by atoms with van der Waals surface area (Å²) in [7, 11) is 0. The number of hydrogen-bond donors (Lipinski definition) is 0. The van der Waals surface area contributed by atoms with Gasteiger partial charge in [-0.2, -0.15) is 13.2 Å². The molecule has 0 N–H and O–H groups in total. The number of alkyl halides is 3. The van der Waals surface area contributed by atoms with E-state index < -0.39 is 11.7 Å². The van der Waals surface area contributed by atoms with E-state index in [1.54, 1.807) is 13.0 Å². The molecule has 0 fully saturated rings. The summed E-state index contributed by atoms with van der Waals surface area (Å²) in [5, 5.41) is 0. The lowest BCUT2D eigenvalue weighted by Crippen LogP contribution is -2.04. The van der Waals surface area contributed by atoms with E-state index in [4.69, 9.17) is 0 Å². The second-order valence-corrected chi connectivity index (χ2v) is 4.02. The van der Waals surface area contributed by atoms with Gasteiger partial charge in [0.05, 0.1) is 11.3 Å². The average molecular weight is 252 g/mol. The van der Waals surface area contributed by atoms with E-state index in [1.165, 1.54) is 12.1 Å². The molecule has 0 aliphatic carbocycles. The minimum Gasteiger partial charge on any atom is -0.239 e. The second kappa shape index (κ2) is 4.40. The molecule has 2 rings (SSSR count). The van der Waals surface area contributed by atoms with Crippen LogP contribution in [0.25, 0.3) is 11.3 Å². The first-order valence-corrected chi connectivity index (χ1v) is 5.36. The summed E-state index contributed by atoms with van der Waals surface area (Å²) in [6.45, 7) is 3.57. The van der Waals surface area contributed by atoms with E-state index in [9.17, 15) is 13.2 Å².